The fraction of sp³-hybridized carbons (Fsp3) is 0.0769. The maximum atomic E-state index is 12.2. The summed E-state index contributed by atoms with van der Waals surface area (Å²) in [4.78, 5) is 0.610. The molecule has 2 aromatic rings. The minimum atomic E-state index is -1.24. The minimum absolute atomic E-state index is 0.302. The highest BCUT2D eigenvalue weighted by Crippen LogP contribution is 2.24. The summed E-state index contributed by atoms with van der Waals surface area (Å²) in [7, 11) is -1.24. The molecular weight excluding hydrogens is 289 g/mol. The molecule has 0 spiro atoms. The van der Waals surface area contributed by atoms with Crippen LogP contribution in [0.15, 0.2) is 47.4 Å². The van der Waals surface area contributed by atoms with Crippen molar-refractivity contribution in [2.45, 2.75) is 10.6 Å². The van der Waals surface area contributed by atoms with Gasteiger partial charge in [0.1, 0.15) is 0 Å². The van der Waals surface area contributed by atoms with Crippen LogP contribution < -0.4 is 5.73 Å². The van der Waals surface area contributed by atoms with Gasteiger partial charge in [-0.05, 0) is 35.9 Å². The molecule has 2 N–H and O–H groups in total. The molecule has 0 fully saturated rings. The van der Waals surface area contributed by atoms with Gasteiger partial charge in [0.25, 0.3) is 0 Å². The van der Waals surface area contributed by atoms with Crippen LogP contribution in [0.25, 0.3) is 0 Å². The summed E-state index contributed by atoms with van der Waals surface area (Å²) in [6.45, 7) is 0. The lowest BCUT2D eigenvalue weighted by molar-refractivity contribution is 0.682. The first-order valence-corrected chi connectivity index (χ1v) is 7.32. The highest BCUT2D eigenvalue weighted by molar-refractivity contribution is 7.84. The SMILES string of the molecule is Nc1ccc(Cl)cc1CS(=O)c1ccccc1Cl. The van der Waals surface area contributed by atoms with Gasteiger partial charge >= 0.3 is 0 Å². The van der Waals surface area contributed by atoms with Gasteiger partial charge in [0.15, 0.2) is 0 Å². The van der Waals surface area contributed by atoms with Crippen molar-refractivity contribution >= 4 is 39.7 Å². The fourth-order valence-electron chi connectivity index (χ4n) is 1.55. The monoisotopic (exact) mass is 299 g/mol. The molecule has 5 heteroatoms. The molecule has 1 unspecified atom stereocenters. The Balaban J connectivity index is 2.27. The van der Waals surface area contributed by atoms with Crippen molar-refractivity contribution in [3.63, 3.8) is 0 Å². The van der Waals surface area contributed by atoms with Crippen molar-refractivity contribution in [2.75, 3.05) is 5.73 Å². The summed E-state index contributed by atoms with van der Waals surface area (Å²) in [6, 6.07) is 12.2. The van der Waals surface area contributed by atoms with E-state index in [0.717, 1.165) is 5.56 Å². The van der Waals surface area contributed by atoms with Crippen molar-refractivity contribution in [3.05, 3.63) is 58.1 Å². The summed E-state index contributed by atoms with van der Waals surface area (Å²) in [5.41, 5.74) is 7.18. The van der Waals surface area contributed by atoms with Gasteiger partial charge in [-0.2, -0.15) is 0 Å². The first-order valence-electron chi connectivity index (χ1n) is 5.25. The zero-order valence-electron chi connectivity index (χ0n) is 9.40. The second kappa shape index (κ2) is 5.74. The molecule has 0 aliphatic rings. The van der Waals surface area contributed by atoms with Crippen LogP contribution in [-0.4, -0.2) is 4.21 Å². The molecule has 2 rings (SSSR count). The lowest BCUT2D eigenvalue weighted by atomic mass is 10.2. The van der Waals surface area contributed by atoms with E-state index in [9.17, 15) is 4.21 Å². The van der Waals surface area contributed by atoms with Gasteiger partial charge < -0.3 is 5.73 Å². The van der Waals surface area contributed by atoms with Crippen LogP contribution in [0.1, 0.15) is 5.56 Å². The third-order valence-electron chi connectivity index (χ3n) is 2.47. The number of rotatable bonds is 3. The van der Waals surface area contributed by atoms with Gasteiger partial charge in [0.2, 0.25) is 0 Å². The number of halogens is 2. The molecule has 1 atom stereocenters. The number of nitrogen functional groups attached to an aromatic ring is 1. The average molecular weight is 300 g/mol. The van der Waals surface area contributed by atoms with E-state index in [1.807, 2.05) is 0 Å². The maximum Gasteiger partial charge on any atom is 0.0590 e. The molecule has 2 nitrogen and oxygen atoms in total. The molecule has 0 bridgehead atoms. The van der Waals surface area contributed by atoms with E-state index < -0.39 is 10.8 Å². The van der Waals surface area contributed by atoms with Crippen LogP contribution in [0.4, 0.5) is 5.69 Å². The van der Waals surface area contributed by atoms with Crippen LogP contribution >= 0.6 is 23.2 Å². The molecule has 2 aromatic carbocycles. The highest BCUT2D eigenvalue weighted by Gasteiger charge is 2.11. The van der Waals surface area contributed by atoms with Crippen LogP contribution in [0, 0.1) is 0 Å². The Morgan fingerprint density at radius 2 is 1.83 bits per heavy atom. The normalized spacial score (nSPS) is 12.3. The molecule has 18 heavy (non-hydrogen) atoms. The molecule has 0 aromatic heterocycles. The van der Waals surface area contributed by atoms with E-state index in [4.69, 9.17) is 28.9 Å². The standard InChI is InChI=1S/C13H11Cl2NOS/c14-10-5-6-12(16)9(7-10)8-18(17)13-4-2-1-3-11(13)15/h1-7H,8,16H2. The van der Waals surface area contributed by atoms with Gasteiger partial charge in [0, 0.05) is 10.7 Å². The third kappa shape index (κ3) is 3.05. The molecule has 0 saturated heterocycles. The Kier molecular flexibility index (Phi) is 4.27. The molecule has 0 aliphatic carbocycles. The Labute approximate surface area is 118 Å². The summed E-state index contributed by atoms with van der Waals surface area (Å²) in [5, 5.41) is 1.08. The Morgan fingerprint density at radius 1 is 1.11 bits per heavy atom. The number of benzene rings is 2. The summed E-state index contributed by atoms with van der Waals surface area (Å²) in [6.07, 6.45) is 0. The van der Waals surface area contributed by atoms with Crippen molar-refractivity contribution in [3.8, 4) is 0 Å². The van der Waals surface area contributed by atoms with Crippen LogP contribution in [0.3, 0.4) is 0 Å². The lowest BCUT2D eigenvalue weighted by Crippen LogP contribution is -2.01. The minimum Gasteiger partial charge on any atom is -0.398 e. The second-order valence-corrected chi connectivity index (χ2v) is 6.03. The molecule has 0 aliphatic heterocycles. The first-order chi connectivity index (χ1) is 8.58. The molecular formula is C13H11Cl2NOS. The van der Waals surface area contributed by atoms with Gasteiger partial charge in [-0.15, -0.1) is 0 Å². The predicted octanol–water partition coefficient (Wildman–Crippen LogP) is 3.88. The second-order valence-electron chi connectivity index (χ2n) is 3.76. The number of hydrogen-bond donors (Lipinski definition) is 1. The average Bonchev–Trinajstić information content (AvgIpc) is 2.34. The van der Waals surface area contributed by atoms with E-state index in [1.54, 1.807) is 42.5 Å². The fourth-order valence-corrected chi connectivity index (χ4v) is 3.34. The third-order valence-corrected chi connectivity index (χ3v) is 4.57. The van der Waals surface area contributed by atoms with E-state index in [2.05, 4.69) is 0 Å². The van der Waals surface area contributed by atoms with Crippen LogP contribution in [0.2, 0.25) is 10.0 Å². The summed E-state index contributed by atoms with van der Waals surface area (Å²) < 4.78 is 12.2. The molecule has 94 valence electrons. The van der Waals surface area contributed by atoms with Gasteiger partial charge in [0.05, 0.1) is 26.5 Å². The Hall–Kier alpha value is -1.03. The summed E-state index contributed by atoms with van der Waals surface area (Å²) >= 11 is 11.9. The topological polar surface area (TPSA) is 43.1 Å². The summed E-state index contributed by atoms with van der Waals surface area (Å²) in [5.74, 6) is 0.302. The molecule has 0 amide bonds. The molecule has 0 heterocycles. The van der Waals surface area contributed by atoms with Crippen molar-refractivity contribution in [1.82, 2.24) is 0 Å². The van der Waals surface area contributed by atoms with Gasteiger partial charge in [-0.1, -0.05) is 35.3 Å². The van der Waals surface area contributed by atoms with Gasteiger partial charge in [-0.3, -0.25) is 4.21 Å². The Bertz CT molecular complexity index is 601. The van der Waals surface area contributed by atoms with E-state index in [-0.39, 0.29) is 0 Å². The number of anilines is 1. The van der Waals surface area contributed by atoms with E-state index in [0.29, 0.717) is 26.4 Å². The van der Waals surface area contributed by atoms with Crippen molar-refractivity contribution in [1.29, 1.82) is 0 Å². The zero-order valence-corrected chi connectivity index (χ0v) is 11.7. The quantitative estimate of drug-likeness (QED) is 0.874. The molecule has 0 saturated carbocycles. The number of nitrogens with two attached hydrogens (primary N) is 1. The number of hydrogen-bond acceptors (Lipinski definition) is 2. The highest BCUT2D eigenvalue weighted by atomic mass is 35.5. The van der Waals surface area contributed by atoms with Crippen LogP contribution in [0.5, 0.6) is 0 Å². The Morgan fingerprint density at radius 3 is 2.56 bits per heavy atom. The largest absolute Gasteiger partial charge is 0.398 e. The van der Waals surface area contributed by atoms with E-state index >= 15 is 0 Å². The van der Waals surface area contributed by atoms with Gasteiger partial charge in [-0.25, -0.2) is 0 Å². The maximum absolute atomic E-state index is 12.2. The van der Waals surface area contributed by atoms with E-state index in [1.165, 1.54) is 0 Å². The van der Waals surface area contributed by atoms with Crippen molar-refractivity contribution in [2.24, 2.45) is 0 Å². The zero-order chi connectivity index (χ0) is 13.1. The first kappa shape index (κ1) is 13.4. The lowest BCUT2D eigenvalue weighted by Gasteiger charge is -2.07. The predicted molar refractivity (Wildman–Crippen MR) is 77.4 cm³/mol. The van der Waals surface area contributed by atoms with Crippen molar-refractivity contribution < 1.29 is 4.21 Å². The van der Waals surface area contributed by atoms with Crippen LogP contribution in [-0.2, 0) is 16.6 Å². The smallest absolute Gasteiger partial charge is 0.0590 e. The molecule has 0 radical (unpaired) electrons.